The van der Waals surface area contributed by atoms with Crippen molar-refractivity contribution in [3.8, 4) is 22.5 Å². The van der Waals surface area contributed by atoms with Gasteiger partial charge in [-0.05, 0) is 38.7 Å². The molecular formula is C24H31N9O. The Morgan fingerprint density at radius 2 is 1.91 bits per heavy atom. The molecular weight excluding hydrogens is 430 g/mol. The Bertz CT molecular complexity index is 1300. The summed E-state index contributed by atoms with van der Waals surface area (Å²) in [5, 5.41) is 13.7. The summed E-state index contributed by atoms with van der Waals surface area (Å²) in [5.74, 6) is 0. The maximum Gasteiger partial charge on any atom is 0.315 e. The minimum Gasteiger partial charge on any atom is -0.351 e. The zero-order valence-electron chi connectivity index (χ0n) is 19.9. The number of amides is 2. The van der Waals surface area contributed by atoms with Crippen LogP contribution in [0, 0.1) is 0 Å². The van der Waals surface area contributed by atoms with Gasteiger partial charge in [0.2, 0.25) is 0 Å². The number of rotatable bonds is 6. The van der Waals surface area contributed by atoms with Crippen molar-refractivity contribution >= 4 is 11.5 Å². The number of fused-ring (bicyclic) bond motifs is 1. The molecule has 10 heteroatoms. The van der Waals surface area contributed by atoms with E-state index in [2.05, 4.69) is 35.3 Å². The Kier molecular flexibility index (Phi) is 5.80. The molecule has 1 aliphatic heterocycles. The summed E-state index contributed by atoms with van der Waals surface area (Å²) >= 11 is 0. The number of hydrogen-bond donors (Lipinski definition) is 1. The number of carbonyl (C=O) groups excluding carboxylic acids is 1. The first-order chi connectivity index (χ1) is 16.5. The van der Waals surface area contributed by atoms with Crippen molar-refractivity contribution in [2.45, 2.75) is 64.6 Å². The van der Waals surface area contributed by atoms with Gasteiger partial charge in [-0.15, -0.1) is 0 Å². The zero-order chi connectivity index (χ0) is 23.8. The van der Waals surface area contributed by atoms with Crippen LogP contribution in [0.2, 0.25) is 0 Å². The third-order valence-electron chi connectivity index (χ3n) is 6.98. The smallest absolute Gasteiger partial charge is 0.315 e. The van der Waals surface area contributed by atoms with E-state index in [0.717, 1.165) is 53.7 Å². The molecule has 2 N–H and O–H groups in total. The van der Waals surface area contributed by atoms with Crippen LogP contribution in [-0.4, -0.2) is 57.7 Å². The maximum atomic E-state index is 11.6. The van der Waals surface area contributed by atoms with Gasteiger partial charge in [-0.2, -0.15) is 15.3 Å². The highest BCUT2D eigenvalue weighted by Crippen LogP contribution is 2.30. The molecule has 2 atom stereocenters. The van der Waals surface area contributed by atoms with Gasteiger partial charge in [0.15, 0.2) is 0 Å². The summed E-state index contributed by atoms with van der Waals surface area (Å²) in [7, 11) is 0. The number of nitrogens with two attached hydrogens (primary N) is 1. The van der Waals surface area contributed by atoms with Crippen LogP contribution in [0.15, 0.2) is 43.2 Å². The quantitative estimate of drug-likeness (QED) is 0.468. The van der Waals surface area contributed by atoms with Crippen molar-refractivity contribution < 1.29 is 4.79 Å². The molecule has 1 fully saturated rings. The van der Waals surface area contributed by atoms with E-state index in [0.29, 0.717) is 12.6 Å². The average Bonchev–Trinajstić information content (AvgIpc) is 3.59. The lowest BCUT2D eigenvalue weighted by Crippen LogP contribution is -2.47. The van der Waals surface area contributed by atoms with Crippen LogP contribution in [0.5, 0.6) is 0 Å². The first-order valence-corrected chi connectivity index (χ1v) is 12.0. The molecule has 1 saturated heterocycles. The average molecular weight is 462 g/mol. The Hall–Kier alpha value is -3.69. The van der Waals surface area contributed by atoms with E-state index in [1.807, 2.05) is 51.7 Å². The van der Waals surface area contributed by atoms with Crippen LogP contribution in [0.4, 0.5) is 4.79 Å². The van der Waals surface area contributed by atoms with Gasteiger partial charge in [0.1, 0.15) is 0 Å². The van der Waals surface area contributed by atoms with Gasteiger partial charge in [0.05, 0.1) is 53.8 Å². The molecule has 4 aromatic rings. The molecule has 1 aliphatic rings. The highest BCUT2D eigenvalue weighted by atomic mass is 16.2. The summed E-state index contributed by atoms with van der Waals surface area (Å²) in [4.78, 5) is 18.3. The predicted octanol–water partition coefficient (Wildman–Crippen LogP) is 3.92. The highest BCUT2D eigenvalue weighted by Gasteiger charge is 2.29. The van der Waals surface area contributed by atoms with Crippen molar-refractivity contribution in [3.05, 3.63) is 43.2 Å². The second-order valence-corrected chi connectivity index (χ2v) is 9.08. The zero-order valence-corrected chi connectivity index (χ0v) is 19.9. The summed E-state index contributed by atoms with van der Waals surface area (Å²) < 4.78 is 5.88. The van der Waals surface area contributed by atoms with Gasteiger partial charge in [-0.25, -0.2) is 14.3 Å². The van der Waals surface area contributed by atoms with E-state index in [1.165, 1.54) is 0 Å². The van der Waals surface area contributed by atoms with E-state index in [4.69, 9.17) is 10.7 Å². The Morgan fingerprint density at radius 3 is 2.65 bits per heavy atom. The number of hydrogen-bond acceptors (Lipinski definition) is 5. The van der Waals surface area contributed by atoms with Crippen LogP contribution >= 0.6 is 0 Å². The molecule has 178 valence electrons. The van der Waals surface area contributed by atoms with Crippen molar-refractivity contribution in [3.63, 3.8) is 0 Å². The molecule has 5 heterocycles. The van der Waals surface area contributed by atoms with Gasteiger partial charge < -0.3 is 10.6 Å². The lowest BCUT2D eigenvalue weighted by Gasteiger charge is -2.36. The van der Waals surface area contributed by atoms with E-state index >= 15 is 0 Å². The molecule has 34 heavy (non-hydrogen) atoms. The molecule has 5 rings (SSSR count). The number of urea groups is 1. The molecule has 2 amide bonds. The number of carbonyl (C=O) groups is 1. The van der Waals surface area contributed by atoms with Crippen molar-refractivity contribution in [2.75, 3.05) is 6.54 Å². The van der Waals surface area contributed by atoms with Crippen LogP contribution < -0.4 is 5.73 Å². The fourth-order valence-corrected chi connectivity index (χ4v) is 4.99. The van der Waals surface area contributed by atoms with E-state index in [9.17, 15) is 4.79 Å². The largest absolute Gasteiger partial charge is 0.351 e. The monoisotopic (exact) mass is 461 g/mol. The van der Waals surface area contributed by atoms with Crippen molar-refractivity contribution in [1.82, 2.24) is 39.1 Å². The molecule has 0 radical (unpaired) electrons. The minimum atomic E-state index is -0.358. The summed E-state index contributed by atoms with van der Waals surface area (Å²) in [6, 6.07) is 2.28. The third kappa shape index (κ3) is 3.93. The second-order valence-electron chi connectivity index (χ2n) is 9.08. The van der Waals surface area contributed by atoms with Gasteiger partial charge in [-0.3, -0.25) is 9.36 Å². The standard InChI is InChI=1S/C24H31N9O/c1-4-19(5-2)31-14-18(12-28-31)23-22-6-8-26-33(22)15-21(29-23)17-11-27-32(13-17)20-7-9-30(24(25)34)16(3)10-20/h6,8,11-16,19-20H,4-5,7,9-10H2,1-3H3,(H2,25,34). The normalized spacial score (nSPS) is 18.8. The molecule has 2 unspecified atom stereocenters. The fourth-order valence-electron chi connectivity index (χ4n) is 4.99. The number of nitrogens with zero attached hydrogens (tertiary/aromatic N) is 8. The lowest BCUT2D eigenvalue weighted by molar-refractivity contribution is 0.140. The van der Waals surface area contributed by atoms with E-state index in [1.54, 1.807) is 11.1 Å². The number of primary amides is 1. The van der Waals surface area contributed by atoms with Crippen molar-refractivity contribution in [2.24, 2.45) is 5.73 Å². The number of likely N-dealkylation sites (tertiary alicyclic amines) is 1. The van der Waals surface area contributed by atoms with Crippen molar-refractivity contribution in [1.29, 1.82) is 0 Å². The summed E-state index contributed by atoms with van der Waals surface area (Å²) in [6.45, 7) is 7.03. The van der Waals surface area contributed by atoms with Crippen LogP contribution in [-0.2, 0) is 0 Å². The first-order valence-electron chi connectivity index (χ1n) is 12.0. The molecule has 0 saturated carbocycles. The highest BCUT2D eigenvalue weighted by molar-refractivity contribution is 5.78. The molecule has 10 nitrogen and oxygen atoms in total. The molecule has 0 bridgehead atoms. The summed E-state index contributed by atoms with van der Waals surface area (Å²) in [5.41, 5.74) is 9.98. The Labute approximate surface area is 198 Å². The lowest BCUT2D eigenvalue weighted by atomic mass is 9.99. The second kappa shape index (κ2) is 8.92. The molecule has 0 spiro atoms. The van der Waals surface area contributed by atoms with E-state index in [-0.39, 0.29) is 18.1 Å². The summed E-state index contributed by atoms with van der Waals surface area (Å²) in [6.07, 6.45) is 15.3. The molecule has 0 aliphatic carbocycles. The topological polar surface area (TPSA) is 112 Å². The van der Waals surface area contributed by atoms with E-state index < -0.39 is 0 Å². The number of aromatic nitrogens is 7. The van der Waals surface area contributed by atoms with Gasteiger partial charge in [0, 0.05) is 36.1 Å². The van der Waals surface area contributed by atoms with Gasteiger partial charge >= 0.3 is 6.03 Å². The minimum absolute atomic E-state index is 0.0839. The van der Waals surface area contributed by atoms with Crippen LogP contribution in [0.1, 0.15) is 58.5 Å². The third-order valence-corrected chi connectivity index (χ3v) is 6.98. The van der Waals surface area contributed by atoms with Crippen LogP contribution in [0.25, 0.3) is 28.0 Å². The predicted molar refractivity (Wildman–Crippen MR) is 129 cm³/mol. The molecule has 0 aromatic carbocycles. The SMILES string of the molecule is CCC(CC)n1cc(-c2nc(-c3cnn(C4CCN(C(N)=O)C(C)C4)c3)cn3nccc23)cn1. The fraction of sp³-hybridized carbons (Fsp3) is 0.458. The maximum absolute atomic E-state index is 11.6. The Morgan fingerprint density at radius 1 is 1.12 bits per heavy atom. The Balaban J connectivity index is 1.46. The van der Waals surface area contributed by atoms with Crippen LogP contribution in [0.3, 0.4) is 0 Å². The number of piperidine rings is 1. The van der Waals surface area contributed by atoms with Gasteiger partial charge in [-0.1, -0.05) is 13.8 Å². The molecule has 4 aromatic heterocycles. The van der Waals surface area contributed by atoms with Gasteiger partial charge in [0.25, 0.3) is 0 Å². The first kappa shape index (κ1) is 22.1.